The number of para-hydroxylation sites is 2. The maximum absolute atomic E-state index is 5.87. The fourth-order valence-corrected chi connectivity index (χ4v) is 1.53. The molecule has 3 nitrogen and oxygen atoms in total. The molecule has 1 aromatic rings. The molecule has 0 saturated heterocycles. The minimum absolute atomic E-state index is 0.0938. The van der Waals surface area contributed by atoms with Crippen molar-refractivity contribution < 1.29 is 9.47 Å². The fraction of sp³-hybridized carbons (Fsp3) is 0.467. The molecule has 0 fully saturated rings. The maximum atomic E-state index is 5.87. The van der Waals surface area contributed by atoms with Crippen LogP contribution in [0, 0.1) is 0 Å². The van der Waals surface area contributed by atoms with Gasteiger partial charge >= 0.3 is 0 Å². The van der Waals surface area contributed by atoms with Crippen molar-refractivity contribution >= 4 is 0 Å². The molecule has 0 bridgehead atoms. The molecule has 1 atom stereocenters. The van der Waals surface area contributed by atoms with Gasteiger partial charge < -0.3 is 14.8 Å². The van der Waals surface area contributed by atoms with Gasteiger partial charge in [0.05, 0.1) is 6.61 Å². The Kier molecular flexibility index (Phi) is 6.96. The van der Waals surface area contributed by atoms with Crippen LogP contribution in [0.3, 0.4) is 0 Å². The molecule has 100 valence electrons. The van der Waals surface area contributed by atoms with Crippen molar-refractivity contribution in [2.75, 3.05) is 19.7 Å². The van der Waals surface area contributed by atoms with Crippen LogP contribution in [-0.2, 0) is 0 Å². The zero-order chi connectivity index (χ0) is 13.2. The highest BCUT2D eigenvalue weighted by molar-refractivity contribution is 5.39. The normalized spacial score (nSPS) is 11.9. The number of hydrogen-bond acceptors (Lipinski definition) is 3. The molecule has 1 N–H and O–H groups in total. The first-order valence-corrected chi connectivity index (χ1v) is 6.48. The summed E-state index contributed by atoms with van der Waals surface area (Å²) in [7, 11) is 0. The van der Waals surface area contributed by atoms with Gasteiger partial charge in [0.1, 0.15) is 6.10 Å². The second kappa shape index (κ2) is 8.59. The summed E-state index contributed by atoms with van der Waals surface area (Å²) in [6.45, 7) is 10.1. The summed E-state index contributed by atoms with van der Waals surface area (Å²) in [4.78, 5) is 0. The first-order valence-electron chi connectivity index (χ1n) is 6.48. The van der Waals surface area contributed by atoms with E-state index in [1.807, 2.05) is 37.3 Å². The van der Waals surface area contributed by atoms with E-state index in [1.165, 1.54) is 0 Å². The topological polar surface area (TPSA) is 30.5 Å². The van der Waals surface area contributed by atoms with E-state index in [0.717, 1.165) is 31.0 Å². The van der Waals surface area contributed by atoms with Crippen molar-refractivity contribution in [1.29, 1.82) is 0 Å². The second-order valence-corrected chi connectivity index (χ2v) is 4.17. The highest BCUT2D eigenvalue weighted by Gasteiger charge is 2.08. The Morgan fingerprint density at radius 2 is 2.06 bits per heavy atom. The van der Waals surface area contributed by atoms with Gasteiger partial charge in [0.15, 0.2) is 11.5 Å². The molecule has 0 saturated carbocycles. The average molecular weight is 249 g/mol. The largest absolute Gasteiger partial charge is 0.490 e. The van der Waals surface area contributed by atoms with Crippen molar-refractivity contribution in [3.05, 3.63) is 36.9 Å². The van der Waals surface area contributed by atoms with E-state index in [0.29, 0.717) is 6.61 Å². The Bertz CT molecular complexity index is 352. The third kappa shape index (κ3) is 5.23. The van der Waals surface area contributed by atoms with Crippen LogP contribution in [-0.4, -0.2) is 25.8 Å². The van der Waals surface area contributed by atoms with Gasteiger partial charge in [-0.2, -0.15) is 0 Å². The van der Waals surface area contributed by atoms with Crippen LogP contribution in [0.1, 0.15) is 20.3 Å². The van der Waals surface area contributed by atoms with E-state index < -0.39 is 0 Å². The lowest BCUT2D eigenvalue weighted by Crippen LogP contribution is -2.29. The van der Waals surface area contributed by atoms with Gasteiger partial charge in [-0.25, -0.2) is 0 Å². The standard InChI is InChI=1S/C15H23NO2/c1-4-10-16-12-13(3)18-15-9-7-6-8-14(15)17-11-5-2/h4,6-9,13,16H,1,5,10-12H2,2-3H3. The first-order chi connectivity index (χ1) is 8.77. The van der Waals surface area contributed by atoms with Gasteiger partial charge in [0.25, 0.3) is 0 Å². The number of ether oxygens (including phenoxy) is 2. The van der Waals surface area contributed by atoms with E-state index in [1.54, 1.807) is 0 Å². The van der Waals surface area contributed by atoms with Gasteiger partial charge in [-0.3, -0.25) is 0 Å². The van der Waals surface area contributed by atoms with E-state index in [9.17, 15) is 0 Å². The molecule has 0 aromatic heterocycles. The lowest BCUT2D eigenvalue weighted by Gasteiger charge is -2.17. The van der Waals surface area contributed by atoms with Crippen molar-refractivity contribution in [2.24, 2.45) is 0 Å². The summed E-state index contributed by atoms with van der Waals surface area (Å²) >= 11 is 0. The van der Waals surface area contributed by atoms with Gasteiger partial charge in [0.2, 0.25) is 0 Å². The first kappa shape index (κ1) is 14.6. The van der Waals surface area contributed by atoms with Gasteiger partial charge in [-0.05, 0) is 25.5 Å². The SMILES string of the molecule is C=CCNCC(C)Oc1ccccc1OCCC. The van der Waals surface area contributed by atoms with Gasteiger partial charge in [0, 0.05) is 13.1 Å². The van der Waals surface area contributed by atoms with E-state index >= 15 is 0 Å². The minimum Gasteiger partial charge on any atom is -0.490 e. The predicted molar refractivity (Wildman–Crippen MR) is 75.4 cm³/mol. The monoisotopic (exact) mass is 249 g/mol. The van der Waals surface area contributed by atoms with Crippen LogP contribution in [0.25, 0.3) is 0 Å². The molecule has 0 amide bonds. The van der Waals surface area contributed by atoms with Crippen LogP contribution in [0.2, 0.25) is 0 Å². The van der Waals surface area contributed by atoms with Crippen LogP contribution in [0.4, 0.5) is 0 Å². The number of nitrogens with one attached hydrogen (secondary N) is 1. The lowest BCUT2D eigenvalue weighted by molar-refractivity contribution is 0.203. The average Bonchev–Trinajstić information content (AvgIpc) is 2.38. The minimum atomic E-state index is 0.0938. The summed E-state index contributed by atoms with van der Waals surface area (Å²) in [5, 5.41) is 3.23. The van der Waals surface area contributed by atoms with E-state index in [4.69, 9.17) is 9.47 Å². The van der Waals surface area contributed by atoms with Crippen molar-refractivity contribution in [3.8, 4) is 11.5 Å². The molecule has 0 heterocycles. The Morgan fingerprint density at radius 1 is 1.33 bits per heavy atom. The third-order valence-electron chi connectivity index (χ3n) is 2.36. The van der Waals surface area contributed by atoms with Crippen molar-refractivity contribution in [3.63, 3.8) is 0 Å². The van der Waals surface area contributed by atoms with Crippen LogP contribution >= 0.6 is 0 Å². The lowest BCUT2D eigenvalue weighted by atomic mass is 10.3. The van der Waals surface area contributed by atoms with E-state index in [2.05, 4.69) is 18.8 Å². The highest BCUT2D eigenvalue weighted by Crippen LogP contribution is 2.27. The predicted octanol–water partition coefficient (Wildman–Crippen LogP) is 3.02. The molecular weight excluding hydrogens is 226 g/mol. The summed E-state index contributed by atoms with van der Waals surface area (Å²) < 4.78 is 11.5. The smallest absolute Gasteiger partial charge is 0.161 e. The Morgan fingerprint density at radius 3 is 2.72 bits per heavy atom. The number of benzene rings is 1. The molecule has 1 rings (SSSR count). The molecule has 18 heavy (non-hydrogen) atoms. The Balaban J connectivity index is 2.51. The Hall–Kier alpha value is -1.48. The molecule has 1 aromatic carbocycles. The molecule has 0 aliphatic rings. The maximum Gasteiger partial charge on any atom is 0.161 e. The summed E-state index contributed by atoms with van der Waals surface area (Å²) in [5.74, 6) is 1.62. The molecular formula is C15H23NO2. The van der Waals surface area contributed by atoms with Crippen LogP contribution in [0.5, 0.6) is 11.5 Å². The third-order valence-corrected chi connectivity index (χ3v) is 2.36. The highest BCUT2D eigenvalue weighted by atomic mass is 16.5. The number of rotatable bonds is 9. The Labute approximate surface area is 110 Å². The number of hydrogen-bond donors (Lipinski definition) is 1. The molecule has 0 spiro atoms. The second-order valence-electron chi connectivity index (χ2n) is 4.17. The van der Waals surface area contributed by atoms with Crippen LogP contribution < -0.4 is 14.8 Å². The molecule has 1 unspecified atom stereocenters. The zero-order valence-electron chi connectivity index (χ0n) is 11.3. The molecule has 0 radical (unpaired) electrons. The fourth-order valence-electron chi connectivity index (χ4n) is 1.53. The van der Waals surface area contributed by atoms with Gasteiger partial charge in [-0.15, -0.1) is 6.58 Å². The summed E-state index contributed by atoms with van der Waals surface area (Å²) in [6, 6.07) is 7.79. The molecule has 0 aliphatic heterocycles. The summed E-state index contributed by atoms with van der Waals surface area (Å²) in [5.41, 5.74) is 0. The zero-order valence-corrected chi connectivity index (χ0v) is 11.3. The van der Waals surface area contributed by atoms with E-state index in [-0.39, 0.29) is 6.10 Å². The summed E-state index contributed by atoms with van der Waals surface area (Å²) in [6.07, 6.45) is 2.92. The van der Waals surface area contributed by atoms with Crippen molar-refractivity contribution in [1.82, 2.24) is 5.32 Å². The molecule has 3 heteroatoms. The molecule has 0 aliphatic carbocycles. The van der Waals surface area contributed by atoms with Crippen LogP contribution in [0.15, 0.2) is 36.9 Å². The van der Waals surface area contributed by atoms with Crippen molar-refractivity contribution in [2.45, 2.75) is 26.4 Å². The van der Waals surface area contributed by atoms with Gasteiger partial charge in [-0.1, -0.05) is 25.1 Å². The quantitative estimate of drug-likeness (QED) is 0.539.